The Bertz CT molecular complexity index is 332. The van der Waals surface area contributed by atoms with Gasteiger partial charge in [-0.25, -0.2) is 0 Å². The van der Waals surface area contributed by atoms with E-state index in [1.165, 1.54) is 5.56 Å². The molecule has 14 heavy (non-hydrogen) atoms. The molecule has 0 fully saturated rings. The average Bonchev–Trinajstić information content (AvgIpc) is 2.24. The molecule has 1 rings (SSSR count). The molecular formula is C10H13N3O. The van der Waals surface area contributed by atoms with Gasteiger partial charge in [0, 0.05) is 11.5 Å². The van der Waals surface area contributed by atoms with Crippen molar-refractivity contribution in [1.29, 1.82) is 0 Å². The molecule has 1 aromatic rings. The van der Waals surface area contributed by atoms with Crippen LogP contribution in [0.4, 0.5) is 0 Å². The number of benzene rings is 1. The monoisotopic (exact) mass is 191 g/mol. The van der Waals surface area contributed by atoms with Gasteiger partial charge in [-0.1, -0.05) is 29.4 Å². The minimum absolute atomic E-state index is 0.209. The Balaban J connectivity index is 2.63. The third kappa shape index (κ3) is 3.47. The van der Waals surface area contributed by atoms with E-state index in [1.54, 1.807) is 0 Å². The molecule has 1 N–H and O–H groups in total. The Morgan fingerprint density at radius 3 is 2.86 bits per heavy atom. The number of nitrogens with zero attached hydrogens (tertiary/aromatic N) is 3. The van der Waals surface area contributed by atoms with Crippen molar-refractivity contribution < 1.29 is 5.11 Å². The van der Waals surface area contributed by atoms with Gasteiger partial charge < -0.3 is 5.11 Å². The highest BCUT2D eigenvalue weighted by molar-refractivity contribution is 5.23. The summed E-state index contributed by atoms with van der Waals surface area (Å²) in [7, 11) is 0. The molecule has 0 atom stereocenters. The first kappa shape index (κ1) is 10.6. The topological polar surface area (TPSA) is 69.0 Å². The Labute approximate surface area is 82.8 Å². The predicted molar refractivity (Wildman–Crippen MR) is 54.7 cm³/mol. The van der Waals surface area contributed by atoms with E-state index >= 15 is 0 Å². The Morgan fingerprint density at radius 2 is 2.14 bits per heavy atom. The highest BCUT2D eigenvalue weighted by atomic mass is 16.2. The van der Waals surface area contributed by atoms with Crippen molar-refractivity contribution in [1.82, 2.24) is 0 Å². The van der Waals surface area contributed by atoms with E-state index in [0.717, 1.165) is 18.4 Å². The van der Waals surface area contributed by atoms with Crippen LogP contribution >= 0.6 is 0 Å². The van der Waals surface area contributed by atoms with Gasteiger partial charge in [-0.3, -0.25) is 0 Å². The summed E-state index contributed by atoms with van der Waals surface area (Å²) in [6.07, 6.45) is 1.63. The largest absolute Gasteiger partial charge is 0.396 e. The van der Waals surface area contributed by atoms with E-state index in [9.17, 15) is 0 Å². The molecule has 0 aliphatic rings. The van der Waals surface area contributed by atoms with Crippen molar-refractivity contribution in [2.45, 2.75) is 19.4 Å². The molecule has 4 nitrogen and oxygen atoms in total. The Hall–Kier alpha value is -1.51. The second-order valence-corrected chi connectivity index (χ2v) is 3.04. The first-order chi connectivity index (χ1) is 6.86. The maximum atomic E-state index is 8.67. The molecule has 0 saturated heterocycles. The second kappa shape index (κ2) is 6.02. The van der Waals surface area contributed by atoms with Gasteiger partial charge in [0.1, 0.15) is 0 Å². The molecular weight excluding hydrogens is 178 g/mol. The molecule has 0 bridgehead atoms. The lowest BCUT2D eigenvalue weighted by atomic mass is 10.1. The predicted octanol–water partition coefficient (Wildman–Crippen LogP) is 2.42. The molecule has 0 saturated carbocycles. The standard InChI is InChI=1S/C10H13N3O/c11-13-12-8-10-4-1-3-9(7-10)5-2-6-14/h1,3-4,7,14H,2,5-6,8H2. The lowest BCUT2D eigenvalue weighted by Crippen LogP contribution is -1.90. The number of rotatable bonds is 5. The number of aliphatic hydroxyl groups is 1. The van der Waals surface area contributed by atoms with Crippen LogP contribution in [0.25, 0.3) is 10.4 Å². The fourth-order valence-electron chi connectivity index (χ4n) is 1.28. The van der Waals surface area contributed by atoms with Crippen molar-refractivity contribution in [3.8, 4) is 0 Å². The molecule has 0 aromatic heterocycles. The van der Waals surface area contributed by atoms with Crippen LogP contribution in [0.5, 0.6) is 0 Å². The fourth-order valence-corrected chi connectivity index (χ4v) is 1.28. The lowest BCUT2D eigenvalue weighted by molar-refractivity contribution is 0.288. The van der Waals surface area contributed by atoms with Gasteiger partial charge >= 0.3 is 0 Å². The summed E-state index contributed by atoms with van der Waals surface area (Å²) in [6, 6.07) is 7.88. The zero-order chi connectivity index (χ0) is 10.2. The van der Waals surface area contributed by atoms with Crippen LogP contribution in [0.1, 0.15) is 17.5 Å². The summed E-state index contributed by atoms with van der Waals surface area (Å²) < 4.78 is 0. The van der Waals surface area contributed by atoms with E-state index in [1.807, 2.05) is 24.3 Å². The van der Waals surface area contributed by atoms with Gasteiger partial charge in [-0.15, -0.1) is 0 Å². The third-order valence-corrected chi connectivity index (χ3v) is 1.93. The van der Waals surface area contributed by atoms with E-state index in [2.05, 4.69) is 10.0 Å². The summed E-state index contributed by atoms with van der Waals surface area (Å²) in [5.74, 6) is 0. The fraction of sp³-hybridized carbons (Fsp3) is 0.400. The first-order valence-corrected chi connectivity index (χ1v) is 4.56. The van der Waals surface area contributed by atoms with Crippen LogP contribution in [0.2, 0.25) is 0 Å². The molecule has 0 spiro atoms. The summed E-state index contributed by atoms with van der Waals surface area (Å²) >= 11 is 0. The second-order valence-electron chi connectivity index (χ2n) is 3.04. The van der Waals surface area contributed by atoms with E-state index in [0.29, 0.717) is 6.54 Å². The van der Waals surface area contributed by atoms with Gasteiger partial charge in [0.05, 0.1) is 6.54 Å². The average molecular weight is 191 g/mol. The zero-order valence-corrected chi connectivity index (χ0v) is 7.93. The van der Waals surface area contributed by atoms with Gasteiger partial charge in [0.25, 0.3) is 0 Å². The van der Waals surface area contributed by atoms with Crippen LogP contribution < -0.4 is 0 Å². The first-order valence-electron chi connectivity index (χ1n) is 4.56. The number of hydrogen-bond acceptors (Lipinski definition) is 2. The van der Waals surface area contributed by atoms with E-state index < -0.39 is 0 Å². The van der Waals surface area contributed by atoms with Gasteiger partial charge in [0.15, 0.2) is 0 Å². The summed E-state index contributed by atoms with van der Waals surface area (Å²) in [5.41, 5.74) is 10.3. The van der Waals surface area contributed by atoms with Crippen molar-refractivity contribution in [3.05, 3.63) is 45.8 Å². The van der Waals surface area contributed by atoms with Crippen LogP contribution in [-0.2, 0) is 13.0 Å². The lowest BCUT2D eigenvalue weighted by Gasteiger charge is -2.01. The minimum atomic E-state index is 0.209. The van der Waals surface area contributed by atoms with Crippen LogP contribution in [0, 0.1) is 0 Å². The molecule has 1 aromatic carbocycles. The highest BCUT2D eigenvalue weighted by Gasteiger charge is 1.94. The Morgan fingerprint density at radius 1 is 1.36 bits per heavy atom. The maximum Gasteiger partial charge on any atom is 0.0510 e. The molecule has 4 heteroatoms. The number of aryl methyl sites for hydroxylation is 1. The SMILES string of the molecule is [N-]=[N+]=NCc1cccc(CCCO)c1. The van der Waals surface area contributed by atoms with E-state index in [4.69, 9.17) is 10.6 Å². The highest BCUT2D eigenvalue weighted by Crippen LogP contribution is 2.08. The van der Waals surface area contributed by atoms with Gasteiger partial charge in [-0.05, 0) is 29.5 Å². The quantitative estimate of drug-likeness (QED) is 0.433. The molecule has 0 radical (unpaired) electrons. The molecule has 74 valence electrons. The maximum absolute atomic E-state index is 8.67. The zero-order valence-electron chi connectivity index (χ0n) is 7.93. The summed E-state index contributed by atoms with van der Waals surface area (Å²) in [4.78, 5) is 2.71. The molecule has 0 heterocycles. The van der Waals surface area contributed by atoms with Crippen molar-refractivity contribution in [2.75, 3.05) is 6.61 Å². The van der Waals surface area contributed by atoms with E-state index in [-0.39, 0.29) is 6.61 Å². The number of azide groups is 1. The summed E-state index contributed by atoms with van der Waals surface area (Å²) in [6.45, 7) is 0.601. The molecule has 0 amide bonds. The smallest absolute Gasteiger partial charge is 0.0510 e. The molecule has 0 aliphatic carbocycles. The van der Waals surface area contributed by atoms with Crippen LogP contribution in [0.15, 0.2) is 29.4 Å². The van der Waals surface area contributed by atoms with Crippen molar-refractivity contribution in [3.63, 3.8) is 0 Å². The number of aliphatic hydroxyl groups excluding tert-OH is 1. The van der Waals surface area contributed by atoms with Gasteiger partial charge in [-0.2, -0.15) is 0 Å². The van der Waals surface area contributed by atoms with Crippen molar-refractivity contribution in [2.24, 2.45) is 5.11 Å². The van der Waals surface area contributed by atoms with Gasteiger partial charge in [0.2, 0.25) is 0 Å². The number of hydrogen-bond donors (Lipinski definition) is 1. The Kier molecular flexibility index (Phi) is 4.55. The van der Waals surface area contributed by atoms with Crippen LogP contribution in [-0.4, -0.2) is 11.7 Å². The normalized spacial score (nSPS) is 9.50. The van der Waals surface area contributed by atoms with Crippen LogP contribution in [0.3, 0.4) is 0 Å². The molecule has 0 unspecified atom stereocenters. The molecule has 0 aliphatic heterocycles. The minimum Gasteiger partial charge on any atom is -0.396 e. The third-order valence-electron chi connectivity index (χ3n) is 1.93. The summed E-state index contributed by atoms with van der Waals surface area (Å²) in [5, 5.41) is 12.2. The van der Waals surface area contributed by atoms with Crippen molar-refractivity contribution >= 4 is 0 Å².